The first-order valence-corrected chi connectivity index (χ1v) is 5.98. The Kier molecular flexibility index (Phi) is 2.24. The van der Waals surface area contributed by atoms with Crippen molar-refractivity contribution < 1.29 is 5.11 Å². The molecule has 0 amide bonds. The van der Waals surface area contributed by atoms with Crippen LogP contribution in [0.15, 0.2) is 18.3 Å². The van der Waals surface area contributed by atoms with Crippen LogP contribution in [0.25, 0.3) is 0 Å². The van der Waals surface area contributed by atoms with Crippen molar-refractivity contribution in [3.05, 3.63) is 29.6 Å². The van der Waals surface area contributed by atoms with Crippen molar-refractivity contribution in [2.45, 2.75) is 44.1 Å². The second-order valence-corrected chi connectivity index (χ2v) is 4.87. The summed E-state index contributed by atoms with van der Waals surface area (Å²) in [6.45, 7) is 0. The third-order valence-electron chi connectivity index (χ3n) is 3.76. The molecular weight excluding hydrogens is 186 g/mol. The average Bonchev–Trinajstić information content (AvgIpc) is 3.11. The zero-order valence-electron chi connectivity index (χ0n) is 8.89. The Balaban J connectivity index is 1.91. The monoisotopic (exact) mass is 203 g/mol. The van der Waals surface area contributed by atoms with Gasteiger partial charge in [-0.3, -0.25) is 4.98 Å². The van der Waals surface area contributed by atoms with Crippen LogP contribution in [-0.2, 0) is 6.42 Å². The summed E-state index contributed by atoms with van der Waals surface area (Å²) in [5.74, 6) is 0.866. The van der Waals surface area contributed by atoms with Crippen LogP contribution in [-0.4, -0.2) is 16.2 Å². The minimum absolute atomic E-state index is 0.140. The molecule has 2 nitrogen and oxygen atoms in total. The zero-order valence-corrected chi connectivity index (χ0v) is 8.89. The van der Waals surface area contributed by atoms with Crippen molar-refractivity contribution in [3.8, 4) is 0 Å². The van der Waals surface area contributed by atoms with Gasteiger partial charge in [-0.25, -0.2) is 0 Å². The number of aliphatic hydroxyl groups excluding tert-OH is 1. The van der Waals surface area contributed by atoms with Gasteiger partial charge in [0.25, 0.3) is 0 Å². The average molecular weight is 203 g/mol. The maximum atomic E-state index is 10.2. The lowest BCUT2D eigenvalue weighted by Crippen LogP contribution is -2.25. The molecule has 2 atom stereocenters. The molecule has 1 fully saturated rings. The van der Waals surface area contributed by atoms with Crippen LogP contribution in [0.1, 0.15) is 42.9 Å². The topological polar surface area (TPSA) is 33.1 Å². The van der Waals surface area contributed by atoms with E-state index in [4.69, 9.17) is 0 Å². The third kappa shape index (κ3) is 1.67. The van der Waals surface area contributed by atoms with E-state index < -0.39 is 0 Å². The number of hydrogen-bond donors (Lipinski definition) is 1. The number of rotatable bonds is 2. The van der Waals surface area contributed by atoms with E-state index in [0.29, 0.717) is 11.8 Å². The molecule has 1 N–H and O–H groups in total. The minimum atomic E-state index is -0.140. The van der Waals surface area contributed by atoms with Gasteiger partial charge in [0, 0.05) is 17.8 Å². The molecular formula is C13H17NO. The van der Waals surface area contributed by atoms with Gasteiger partial charge in [-0.1, -0.05) is 6.07 Å². The molecule has 1 aromatic heterocycles. The summed E-state index contributed by atoms with van der Waals surface area (Å²) in [5.41, 5.74) is 2.52. The second kappa shape index (κ2) is 3.60. The Morgan fingerprint density at radius 3 is 3.00 bits per heavy atom. The van der Waals surface area contributed by atoms with Crippen LogP contribution >= 0.6 is 0 Å². The highest BCUT2D eigenvalue weighted by Crippen LogP contribution is 2.42. The molecule has 0 aromatic carbocycles. The van der Waals surface area contributed by atoms with E-state index in [-0.39, 0.29) is 6.10 Å². The van der Waals surface area contributed by atoms with E-state index in [1.807, 2.05) is 12.3 Å². The van der Waals surface area contributed by atoms with Gasteiger partial charge < -0.3 is 5.11 Å². The zero-order chi connectivity index (χ0) is 10.3. The number of pyridine rings is 1. The largest absolute Gasteiger partial charge is 0.392 e. The number of nitrogens with zero attached hydrogens (tertiary/aromatic N) is 1. The molecule has 1 aromatic rings. The van der Waals surface area contributed by atoms with Gasteiger partial charge in [-0.15, -0.1) is 0 Å². The molecule has 2 aliphatic carbocycles. The van der Waals surface area contributed by atoms with Crippen molar-refractivity contribution >= 4 is 0 Å². The van der Waals surface area contributed by atoms with Crippen molar-refractivity contribution in [1.82, 2.24) is 4.98 Å². The number of fused-ring (bicyclic) bond motifs is 1. The van der Waals surface area contributed by atoms with E-state index in [0.717, 1.165) is 12.8 Å². The fourth-order valence-electron chi connectivity index (χ4n) is 2.74. The van der Waals surface area contributed by atoms with Crippen LogP contribution in [0, 0.1) is 5.92 Å². The molecule has 0 radical (unpaired) electrons. The lowest BCUT2D eigenvalue weighted by molar-refractivity contribution is 0.111. The maximum Gasteiger partial charge on any atom is 0.0652 e. The van der Waals surface area contributed by atoms with Gasteiger partial charge in [0.05, 0.1) is 6.10 Å². The number of aryl methyl sites for hydroxylation is 1. The molecule has 0 bridgehead atoms. The van der Waals surface area contributed by atoms with E-state index in [1.165, 1.54) is 30.5 Å². The van der Waals surface area contributed by atoms with Crippen LogP contribution in [0.3, 0.4) is 0 Å². The van der Waals surface area contributed by atoms with Gasteiger partial charge in [-0.2, -0.15) is 0 Å². The highest BCUT2D eigenvalue weighted by atomic mass is 16.3. The highest BCUT2D eigenvalue weighted by Gasteiger charge is 2.38. The summed E-state index contributed by atoms with van der Waals surface area (Å²) in [4.78, 5) is 4.47. The van der Waals surface area contributed by atoms with E-state index >= 15 is 0 Å². The molecule has 2 heteroatoms. The number of aliphatic hydroxyl groups is 1. The Morgan fingerprint density at radius 1 is 1.33 bits per heavy atom. The Hall–Kier alpha value is -0.890. The second-order valence-electron chi connectivity index (χ2n) is 4.87. The molecule has 0 spiro atoms. The first kappa shape index (κ1) is 9.34. The molecule has 3 rings (SSSR count). The molecule has 1 saturated carbocycles. The van der Waals surface area contributed by atoms with Gasteiger partial charge in [0.2, 0.25) is 0 Å². The molecule has 2 unspecified atom stereocenters. The van der Waals surface area contributed by atoms with Crippen molar-refractivity contribution in [1.29, 1.82) is 0 Å². The summed E-state index contributed by atoms with van der Waals surface area (Å²) in [5, 5.41) is 10.2. The van der Waals surface area contributed by atoms with E-state index in [9.17, 15) is 5.11 Å². The first-order chi connectivity index (χ1) is 7.36. The quantitative estimate of drug-likeness (QED) is 0.800. The van der Waals surface area contributed by atoms with Crippen molar-refractivity contribution in [2.24, 2.45) is 5.92 Å². The first-order valence-electron chi connectivity index (χ1n) is 5.98. The van der Waals surface area contributed by atoms with Gasteiger partial charge in [0.1, 0.15) is 0 Å². The number of aromatic nitrogens is 1. The molecule has 80 valence electrons. The minimum Gasteiger partial charge on any atom is -0.392 e. The molecule has 2 aliphatic rings. The standard InChI is InChI=1S/C13H17NO/c15-13(10-6-7-10)11-5-1-3-9-4-2-8-14-12(9)11/h2,4,8,10-11,13,15H,1,3,5-7H2. The van der Waals surface area contributed by atoms with Crippen LogP contribution in [0.2, 0.25) is 0 Å². The lowest BCUT2D eigenvalue weighted by Gasteiger charge is -2.28. The third-order valence-corrected chi connectivity index (χ3v) is 3.76. The predicted octanol–water partition coefficient (Wildman–Crippen LogP) is 2.27. The Morgan fingerprint density at radius 2 is 2.20 bits per heavy atom. The maximum absolute atomic E-state index is 10.2. The normalized spacial score (nSPS) is 27.1. The van der Waals surface area contributed by atoms with E-state index in [2.05, 4.69) is 11.1 Å². The van der Waals surface area contributed by atoms with Gasteiger partial charge in [-0.05, 0) is 49.7 Å². The van der Waals surface area contributed by atoms with Gasteiger partial charge in [0.15, 0.2) is 0 Å². The Bertz CT molecular complexity index is 359. The molecule has 0 saturated heterocycles. The van der Waals surface area contributed by atoms with Crippen molar-refractivity contribution in [3.63, 3.8) is 0 Å². The fourth-order valence-corrected chi connectivity index (χ4v) is 2.74. The summed E-state index contributed by atoms with van der Waals surface area (Å²) in [6.07, 6.45) is 7.58. The summed E-state index contributed by atoms with van der Waals surface area (Å²) in [7, 11) is 0. The smallest absolute Gasteiger partial charge is 0.0652 e. The number of hydrogen-bond acceptors (Lipinski definition) is 2. The molecule has 15 heavy (non-hydrogen) atoms. The fraction of sp³-hybridized carbons (Fsp3) is 0.615. The highest BCUT2D eigenvalue weighted by molar-refractivity contribution is 5.27. The SMILES string of the molecule is OC(C1CC1)C1CCCc2cccnc21. The van der Waals surface area contributed by atoms with Crippen LogP contribution in [0.5, 0.6) is 0 Å². The van der Waals surface area contributed by atoms with Crippen LogP contribution < -0.4 is 0 Å². The predicted molar refractivity (Wildman–Crippen MR) is 58.6 cm³/mol. The van der Waals surface area contributed by atoms with E-state index in [1.54, 1.807) is 0 Å². The molecule has 1 heterocycles. The van der Waals surface area contributed by atoms with Crippen molar-refractivity contribution in [2.75, 3.05) is 0 Å². The summed E-state index contributed by atoms with van der Waals surface area (Å²) >= 11 is 0. The summed E-state index contributed by atoms with van der Waals surface area (Å²) < 4.78 is 0. The Labute approximate surface area is 90.4 Å². The molecule has 0 aliphatic heterocycles. The van der Waals surface area contributed by atoms with Crippen LogP contribution in [0.4, 0.5) is 0 Å². The lowest BCUT2D eigenvalue weighted by atomic mass is 9.82. The summed E-state index contributed by atoms with van der Waals surface area (Å²) in [6, 6.07) is 4.17. The van der Waals surface area contributed by atoms with Gasteiger partial charge >= 0.3 is 0 Å².